The van der Waals surface area contributed by atoms with E-state index in [-0.39, 0.29) is 26.0 Å². The standard InChI is InChI=1S/C33H36F3NO8/c1-41-27-15-11-25(12-16-27)32(24-8-4-3-5-9-24,26-13-17-28(42-2)18-14-26)43-22-29(45-31(40)20-19-30(38)39)10-6-7-21-37-23-44-33(34,35)36/h3-5,8-9,11-18,23,29H,6-7,10,19-22H2,1-2H3,(H,38,39). The zero-order valence-corrected chi connectivity index (χ0v) is 25.0. The minimum absolute atomic E-state index is 0.0578. The van der Waals surface area contributed by atoms with Gasteiger partial charge in [0.25, 0.3) is 0 Å². The van der Waals surface area contributed by atoms with Gasteiger partial charge in [0.05, 0.1) is 33.7 Å². The van der Waals surface area contributed by atoms with Gasteiger partial charge in [-0.05, 0) is 60.2 Å². The normalized spacial score (nSPS) is 12.5. The van der Waals surface area contributed by atoms with Crippen molar-refractivity contribution >= 4 is 18.3 Å². The molecule has 0 heterocycles. The van der Waals surface area contributed by atoms with Crippen molar-refractivity contribution in [1.82, 2.24) is 0 Å². The van der Waals surface area contributed by atoms with E-state index in [0.29, 0.717) is 30.7 Å². The van der Waals surface area contributed by atoms with Crippen molar-refractivity contribution in [2.24, 2.45) is 4.99 Å². The third-order valence-electron chi connectivity index (χ3n) is 6.82. The predicted octanol–water partition coefficient (Wildman–Crippen LogP) is 6.52. The summed E-state index contributed by atoms with van der Waals surface area (Å²) in [6.45, 7) is -0.0333. The maximum Gasteiger partial charge on any atom is 0.573 e. The van der Waals surface area contributed by atoms with Crippen molar-refractivity contribution in [2.45, 2.75) is 50.2 Å². The molecule has 1 unspecified atom stereocenters. The zero-order valence-electron chi connectivity index (χ0n) is 25.0. The highest BCUT2D eigenvalue weighted by atomic mass is 19.4. The van der Waals surface area contributed by atoms with Gasteiger partial charge in [-0.25, -0.2) is 0 Å². The molecule has 1 N–H and O–H groups in total. The lowest BCUT2D eigenvalue weighted by Gasteiger charge is -2.37. The van der Waals surface area contributed by atoms with Crippen LogP contribution in [0.5, 0.6) is 11.5 Å². The molecule has 3 aromatic carbocycles. The average molecular weight is 632 g/mol. The number of ether oxygens (including phenoxy) is 5. The molecule has 3 rings (SSSR count). The number of aliphatic carboxylic acids is 1. The van der Waals surface area contributed by atoms with Crippen molar-refractivity contribution in [1.29, 1.82) is 0 Å². The minimum atomic E-state index is -4.81. The summed E-state index contributed by atoms with van der Waals surface area (Å²) in [5, 5.41) is 9.01. The number of halogens is 3. The maximum atomic E-state index is 12.6. The number of aliphatic imine (C=N–C) groups is 1. The van der Waals surface area contributed by atoms with E-state index >= 15 is 0 Å². The number of unbranched alkanes of at least 4 members (excludes halogenated alkanes) is 1. The molecule has 0 fully saturated rings. The molecule has 3 aromatic rings. The van der Waals surface area contributed by atoms with Crippen LogP contribution in [-0.4, -0.2) is 63.3 Å². The molecule has 242 valence electrons. The Balaban J connectivity index is 1.93. The molecule has 0 aliphatic rings. The molecule has 1 atom stereocenters. The van der Waals surface area contributed by atoms with Crippen LogP contribution in [0, 0.1) is 0 Å². The Labute approximate surface area is 259 Å². The zero-order chi connectivity index (χ0) is 32.7. The predicted molar refractivity (Wildman–Crippen MR) is 159 cm³/mol. The summed E-state index contributed by atoms with van der Waals surface area (Å²) in [5.74, 6) is -0.560. The SMILES string of the molecule is COc1ccc(C(OCC(CCCCN=COC(F)(F)F)OC(=O)CCC(=O)O)(c2ccccc2)c2ccc(OC)cc2)cc1. The largest absolute Gasteiger partial charge is 0.573 e. The molecule has 0 amide bonds. The number of hydrogen-bond acceptors (Lipinski definition) is 8. The smallest absolute Gasteiger partial charge is 0.497 e. The van der Waals surface area contributed by atoms with Crippen LogP contribution in [0.2, 0.25) is 0 Å². The van der Waals surface area contributed by atoms with Crippen molar-refractivity contribution in [2.75, 3.05) is 27.4 Å². The molecule has 0 spiro atoms. The van der Waals surface area contributed by atoms with E-state index in [1.54, 1.807) is 14.2 Å². The van der Waals surface area contributed by atoms with Crippen LogP contribution in [0.3, 0.4) is 0 Å². The molecule has 0 saturated heterocycles. The first kappa shape index (κ1) is 34.9. The van der Waals surface area contributed by atoms with Crippen LogP contribution >= 0.6 is 0 Å². The van der Waals surface area contributed by atoms with Gasteiger partial charge in [0, 0.05) is 6.54 Å². The number of carboxylic acids is 1. The Bertz CT molecular complexity index is 1320. The topological polar surface area (TPSA) is 113 Å². The fourth-order valence-corrected chi connectivity index (χ4v) is 4.65. The molecule has 0 aliphatic heterocycles. The van der Waals surface area contributed by atoms with E-state index < -0.39 is 36.4 Å². The quantitative estimate of drug-likeness (QED) is 0.0555. The van der Waals surface area contributed by atoms with Gasteiger partial charge < -0.3 is 28.8 Å². The van der Waals surface area contributed by atoms with Crippen LogP contribution in [0.4, 0.5) is 13.2 Å². The summed E-state index contributed by atoms with van der Waals surface area (Å²) in [6.07, 6.45) is -4.91. The Morgan fingerprint density at radius 1 is 0.822 bits per heavy atom. The summed E-state index contributed by atoms with van der Waals surface area (Å²) in [4.78, 5) is 27.2. The molecule has 0 aliphatic carbocycles. The summed E-state index contributed by atoms with van der Waals surface area (Å²) in [7, 11) is 3.13. The monoisotopic (exact) mass is 631 g/mol. The first-order valence-electron chi connectivity index (χ1n) is 14.2. The summed E-state index contributed by atoms with van der Waals surface area (Å²) >= 11 is 0. The lowest BCUT2D eigenvalue weighted by atomic mass is 9.80. The van der Waals surface area contributed by atoms with E-state index in [9.17, 15) is 22.8 Å². The summed E-state index contributed by atoms with van der Waals surface area (Å²) < 4.78 is 63.3. The second-order valence-corrected chi connectivity index (χ2v) is 9.89. The van der Waals surface area contributed by atoms with E-state index in [0.717, 1.165) is 16.7 Å². The van der Waals surface area contributed by atoms with Crippen LogP contribution in [0.15, 0.2) is 83.9 Å². The second-order valence-electron chi connectivity index (χ2n) is 9.89. The fourth-order valence-electron chi connectivity index (χ4n) is 4.65. The number of esters is 1. The third-order valence-corrected chi connectivity index (χ3v) is 6.82. The van der Waals surface area contributed by atoms with Crippen LogP contribution < -0.4 is 9.47 Å². The first-order valence-corrected chi connectivity index (χ1v) is 14.2. The van der Waals surface area contributed by atoms with Gasteiger partial charge in [-0.2, -0.15) is 0 Å². The van der Waals surface area contributed by atoms with Crippen molar-refractivity contribution in [3.05, 3.63) is 95.6 Å². The van der Waals surface area contributed by atoms with Gasteiger partial charge in [-0.15, -0.1) is 13.2 Å². The third kappa shape index (κ3) is 10.8. The molecule has 0 saturated carbocycles. The number of alkyl halides is 3. The molecular formula is C33H36F3NO8. The van der Waals surface area contributed by atoms with E-state index in [2.05, 4.69) is 9.73 Å². The van der Waals surface area contributed by atoms with E-state index in [4.69, 9.17) is 24.1 Å². The number of benzene rings is 3. The molecule has 0 bridgehead atoms. The molecular weight excluding hydrogens is 595 g/mol. The molecule has 0 radical (unpaired) electrons. The van der Waals surface area contributed by atoms with Gasteiger partial charge in [0.1, 0.15) is 23.2 Å². The molecule has 45 heavy (non-hydrogen) atoms. The Kier molecular flexibility index (Phi) is 13.2. The average Bonchev–Trinajstić information content (AvgIpc) is 3.04. The lowest BCUT2D eigenvalue weighted by Crippen LogP contribution is -2.37. The number of nitrogens with zero attached hydrogens (tertiary/aromatic N) is 1. The molecule has 9 nitrogen and oxygen atoms in total. The van der Waals surface area contributed by atoms with Gasteiger partial charge in [0.2, 0.25) is 0 Å². The van der Waals surface area contributed by atoms with E-state index in [1.807, 2.05) is 78.9 Å². The Morgan fingerprint density at radius 3 is 1.89 bits per heavy atom. The van der Waals surface area contributed by atoms with Crippen molar-refractivity contribution in [3.8, 4) is 11.5 Å². The highest BCUT2D eigenvalue weighted by Gasteiger charge is 2.39. The number of hydrogen-bond donors (Lipinski definition) is 1. The molecule has 12 heteroatoms. The number of carbonyl (C=O) groups is 2. The van der Waals surface area contributed by atoms with Gasteiger partial charge in [-0.3, -0.25) is 14.6 Å². The van der Waals surface area contributed by atoms with Crippen LogP contribution in [0.1, 0.15) is 48.8 Å². The van der Waals surface area contributed by atoms with Gasteiger partial charge in [-0.1, -0.05) is 54.6 Å². The molecule has 0 aromatic heterocycles. The number of rotatable bonds is 18. The van der Waals surface area contributed by atoms with Crippen LogP contribution in [0.25, 0.3) is 0 Å². The fraction of sp³-hybridized carbons (Fsp3) is 0.364. The highest BCUT2D eigenvalue weighted by molar-refractivity contribution is 5.76. The van der Waals surface area contributed by atoms with Crippen molar-refractivity contribution < 1.29 is 51.6 Å². The number of carboxylic acid groups (broad SMARTS) is 1. The van der Waals surface area contributed by atoms with Gasteiger partial charge in [0.15, 0.2) is 6.40 Å². The number of carbonyl (C=O) groups excluding carboxylic acids is 1. The maximum absolute atomic E-state index is 12.6. The lowest BCUT2D eigenvalue weighted by molar-refractivity contribution is -0.280. The first-order chi connectivity index (χ1) is 21.6. The summed E-state index contributed by atoms with van der Waals surface area (Å²) in [5.41, 5.74) is 1.12. The number of methoxy groups -OCH3 is 2. The van der Waals surface area contributed by atoms with Crippen LogP contribution in [-0.2, 0) is 29.4 Å². The highest BCUT2D eigenvalue weighted by Crippen LogP contribution is 2.42. The van der Waals surface area contributed by atoms with E-state index in [1.165, 1.54) is 0 Å². The second kappa shape index (κ2) is 17.0. The Hall–Kier alpha value is -4.58. The van der Waals surface area contributed by atoms with Crippen molar-refractivity contribution in [3.63, 3.8) is 0 Å². The summed E-state index contributed by atoms with van der Waals surface area (Å²) in [6, 6.07) is 24.3. The van der Waals surface area contributed by atoms with Gasteiger partial charge >= 0.3 is 18.3 Å². The Morgan fingerprint density at radius 2 is 1.38 bits per heavy atom. The minimum Gasteiger partial charge on any atom is -0.497 e.